The van der Waals surface area contributed by atoms with Gasteiger partial charge in [0.05, 0.1) is 11.5 Å². The molecule has 6 nitrogen and oxygen atoms in total. The van der Waals surface area contributed by atoms with E-state index in [9.17, 15) is 18.0 Å². The Morgan fingerprint density at radius 3 is 2.36 bits per heavy atom. The standard InChI is InChI=1S/C15H28N2O4S/c1-4-5-6-9-17(13(2)18)10-7-15(19)16(3)14-8-11-22(20,21)12-14/h14H,4-12H2,1-3H3. The molecule has 1 rings (SSSR count). The maximum absolute atomic E-state index is 12.2. The Morgan fingerprint density at radius 1 is 1.18 bits per heavy atom. The number of hydrogen-bond acceptors (Lipinski definition) is 4. The van der Waals surface area contributed by atoms with E-state index in [0.29, 0.717) is 19.5 Å². The second-order valence-corrected chi connectivity index (χ2v) is 8.25. The minimum Gasteiger partial charge on any atom is -0.342 e. The zero-order valence-corrected chi connectivity index (χ0v) is 14.7. The molecule has 7 heteroatoms. The largest absolute Gasteiger partial charge is 0.342 e. The van der Waals surface area contributed by atoms with E-state index in [1.54, 1.807) is 11.9 Å². The quantitative estimate of drug-likeness (QED) is 0.623. The molecule has 0 radical (unpaired) electrons. The van der Waals surface area contributed by atoms with Crippen LogP contribution in [0.3, 0.4) is 0 Å². The van der Waals surface area contributed by atoms with Crippen molar-refractivity contribution >= 4 is 21.7 Å². The number of sulfone groups is 1. The highest BCUT2D eigenvalue weighted by Gasteiger charge is 2.32. The summed E-state index contributed by atoms with van der Waals surface area (Å²) in [4.78, 5) is 27.0. The van der Waals surface area contributed by atoms with Gasteiger partial charge in [0.2, 0.25) is 11.8 Å². The summed E-state index contributed by atoms with van der Waals surface area (Å²) < 4.78 is 23.0. The van der Waals surface area contributed by atoms with Crippen molar-refractivity contribution in [3.05, 3.63) is 0 Å². The first-order valence-corrected chi connectivity index (χ1v) is 9.80. The van der Waals surface area contributed by atoms with Gasteiger partial charge in [-0.15, -0.1) is 0 Å². The van der Waals surface area contributed by atoms with Crippen molar-refractivity contribution in [2.24, 2.45) is 0 Å². The first kappa shape index (κ1) is 18.9. The van der Waals surface area contributed by atoms with E-state index in [1.165, 1.54) is 11.8 Å². The lowest BCUT2D eigenvalue weighted by Crippen LogP contribution is -2.40. The minimum atomic E-state index is -2.99. The van der Waals surface area contributed by atoms with E-state index < -0.39 is 9.84 Å². The zero-order valence-electron chi connectivity index (χ0n) is 13.9. The summed E-state index contributed by atoms with van der Waals surface area (Å²) in [7, 11) is -1.34. The van der Waals surface area contributed by atoms with Gasteiger partial charge in [-0.05, 0) is 12.8 Å². The lowest BCUT2D eigenvalue weighted by molar-refractivity contribution is -0.133. The van der Waals surface area contributed by atoms with Crippen molar-refractivity contribution in [3.63, 3.8) is 0 Å². The smallest absolute Gasteiger partial charge is 0.224 e. The first-order valence-electron chi connectivity index (χ1n) is 7.98. The fraction of sp³-hybridized carbons (Fsp3) is 0.867. The number of hydrogen-bond donors (Lipinski definition) is 0. The van der Waals surface area contributed by atoms with Gasteiger partial charge in [0.1, 0.15) is 0 Å². The first-order chi connectivity index (χ1) is 10.3. The summed E-state index contributed by atoms with van der Waals surface area (Å²) in [6.07, 6.45) is 3.86. The van der Waals surface area contributed by atoms with Gasteiger partial charge < -0.3 is 9.80 Å². The van der Waals surface area contributed by atoms with Gasteiger partial charge in [0, 0.05) is 39.5 Å². The van der Waals surface area contributed by atoms with Crippen molar-refractivity contribution in [1.82, 2.24) is 9.80 Å². The maximum Gasteiger partial charge on any atom is 0.224 e. The van der Waals surface area contributed by atoms with E-state index in [1.807, 2.05) is 0 Å². The SMILES string of the molecule is CCCCCN(CCC(=O)N(C)C1CCS(=O)(=O)C1)C(C)=O. The van der Waals surface area contributed by atoms with Crippen LogP contribution in [0, 0.1) is 0 Å². The molecule has 128 valence electrons. The van der Waals surface area contributed by atoms with Crippen molar-refractivity contribution in [2.45, 2.75) is 52.0 Å². The van der Waals surface area contributed by atoms with Crippen LogP contribution in [0.5, 0.6) is 0 Å². The highest BCUT2D eigenvalue weighted by molar-refractivity contribution is 7.91. The number of amides is 2. The maximum atomic E-state index is 12.2. The third-order valence-corrected chi connectivity index (χ3v) is 5.97. The summed E-state index contributed by atoms with van der Waals surface area (Å²) in [6, 6.07) is -0.219. The molecule has 1 heterocycles. The lowest BCUT2D eigenvalue weighted by Gasteiger charge is -2.26. The van der Waals surface area contributed by atoms with Gasteiger partial charge in [0.25, 0.3) is 0 Å². The molecular formula is C15H28N2O4S. The van der Waals surface area contributed by atoms with Crippen LogP contribution in [0.15, 0.2) is 0 Å². The van der Waals surface area contributed by atoms with Crippen LogP contribution in [0.1, 0.15) is 46.0 Å². The molecule has 2 amide bonds. The van der Waals surface area contributed by atoms with Gasteiger partial charge >= 0.3 is 0 Å². The summed E-state index contributed by atoms with van der Waals surface area (Å²) >= 11 is 0. The molecule has 1 unspecified atom stereocenters. The minimum absolute atomic E-state index is 0.0185. The Labute approximate surface area is 133 Å². The van der Waals surface area contributed by atoms with Crippen molar-refractivity contribution in [1.29, 1.82) is 0 Å². The zero-order chi connectivity index (χ0) is 16.8. The van der Waals surface area contributed by atoms with Gasteiger partial charge in [-0.3, -0.25) is 9.59 Å². The molecule has 0 aromatic rings. The van der Waals surface area contributed by atoms with Gasteiger partial charge in [0.15, 0.2) is 9.84 Å². The second-order valence-electron chi connectivity index (χ2n) is 6.02. The Balaban J connectivity index is 2.44. The van der Waals surface area contributed by atoms with Crippen LogP contribution in [0.4, 0.5) is 0 Å². The highest BCUT2D eigenvalue weighted by Crippen LogP contribution is 2.17. The summed E-state index contributed by atoms with van der Waals surface area (Å²) in [5, 5.41) is 0. The molecule has 0 aliphatic carbocycles. The molecule has 1 saturated heterocycles. The average molecular weight is 332 g/mol. The lowest BCUT2D eigenvalue weighted by atomic mass is 10.2. The number of rotatable bonds is 8. The molecule has 0 saturated carbocycles. The summed E-state index contributed by atoms with van der Waals surface area (Å²) in [6.45, 7) is 4.70. The molecule has 0 spiro atoms. The summed E-state index contributed by atoms with van der Waals surface area (Å²) in [5.41, 5.74) is 0. The van der Waals surface area contributed by atoms with Crippen molar-refractivity contribution in [3.8, 4) is 0 Å². The number of carbonyl (C=O) groups is 2. The molecule has 22 heavy (non-hydrogen) atoms. The molecule has 0 N–H and O–H groups in total. The molecule has 1 atom stereocenters. The van der Waals surface area contributed by atoms with Gasteiger partial charge in [-0.2, -0.15) is 0 Å². The molecule has 0 bridgehead atoms. The fourth-order valence-electron chi connectivity index (χ4n) is 2.67. The predicted molar refractivity (Wildman–Crippen MR) is 86.2 cm³/mol. The van der Waals surface area contributed by atoms with Crippen LogP contribution >= 0.6 is 0 Å². The number of unbranched alkanes of at least 4 members (excludes halogenated alkanes) is 2. The topological polar surface area (TPSA) is 74.8 Å². The Bertz CT molecular complexity index is 490. The Morgan fingerprint density at radius 2 is 1.86 bits per heavy atom. The second kappa shape index (κ2) is 8.50. The molecule has 1 fully saturated rings. The van der Waals surface area contributed by atoms with Crippen molar-refractivity contribution < 1.29 is 18.0 Å². The van der Waals surface area contributed by atoms with E-state index in [4.69, 9.17) is 0 Å². The third kappa shape index (κ3) is 5.94. The van der Waals surface area contributed by atoms with Gasteiger partial charge in [-0.25, -0.2) is 8.42 Å². The van der Waals surface area contributed by atoms with Gasteiger partial charge in [-0.1, -0.05) is 19.8 Å². The molecule has 1 aliphatic heterocycles. The van der Waals surface area contributed by atoms with E-state index in [-0.39, 0.29) is 35.8 Å². The van der Waals surface area contributed by atoms with Crippen LogP contribution in [-0.2, 0) is 19.4 Å². The van der Waals surface area contributed by atoms with Crippen LogP contribution < -0.4 is 0 Å². The number of nitrogens with zero attached hydrogens (tertiary/aromatic N) is 2. The van der Waals surface area contributed by atoms with Crippen molar-refractivity contribution in [2.75, 3.05) is 31.6 Å². The Hall–Kier alpha value is -1.11. The monoisotopic (exact) mass is 332 g/mol. The van der Waals surface area contributed by atoms with E-state index in [2.05, 4.69) is 6.92 Å². The van der Waals surface area contributed by atoms with Crippen LogP contribution in [-0.4, -0.2) is 67.7 Å². The fourth-order valence-corrected chi connectivity index (χ4v) is 4.45. The predicted octanol–water partition coefficient (Wildman–Crippen LogP) is 1.06. The van der Waals surface area contributed by atoms with E-state index in [0.717, 1.165) is 19.3 Å². The average Bonchev–Trinajstić information content (AvgIpc) is 2.81. The normalized spacial score (nSPS) is 19.9. The van der Waals surface area contributed by atoms with Crippen LogP contribution in [0.2, 0.25) is 0 Å². The molecule has 1 aliphatic rings. The van der Waals surface area contributed by atoms with Crippen LogP contribution in [0.25, 0.3) is 0 Å². The molecule has 0 aromatic carbocycles. The third-order valence-electron chi connectivity index (χ3n) is 4.22. The number of carbonyl (C=O) groups excluding carboxylic acids is 2. The van der Waals surface area contributed by atoms with E-state index >= 15 is 0 Å². The highest BCUT2D eigenvalue weighted by atomic mass is 32.2. The Kier molecular flexibility index (Phi) is 7.32. The summed E-state index contributed by atoms with van der Waals surface area (Å²) in [5.74, 6) is 0.104. The molecular weight excluding hydrogens is 304 g/mol. The molecule has 0 aromatic heterocycles.